The third-order valence-corrected chi connectivity index (χ3v) is 7.96. The Hall–Kier alpha value is -4.45. The molecule has 6 nitrogen and oxygen atoms in total. The molecule has 0 radical (unpaired) electrons. The zero-order valence-electron chi connectivity index (χ0n) is 24.5. The Labute approximate surface area is 248 Å². The average Bonchev–Trinajstić information content (AvgIpc) is 3.27. The molecule has 216 valence electrons. The van der Waals surface area contributed by atoms with Crippen LogP contribution in [0.4, 0.5) is 5.69 Å². The van der Waals surface area contributed by atoms with Gasteiger partial charge in [-0.15, -0.1) is 0 Å². The number of carbonyl (C=O) groups is 3. The first-order chi connectivity index (χ1) is 20.5. The summed E-state index contributed by atoms with van der Waals surface area (Å²) < 4.78 is 0. The lowest BCUT2D eigenvalue weighted by Crippen LogP contribution is -2.50. The van der Waals surface area contributed by atoms with E-state index in [1.807, 2.05) is 91.9 Å². The minimum atomic E-state index is -0.649. The molecule has 42 heavy (non-hydrogen) atoms. The number of rotatable bonds is 13. The fourth-order valence-electron chi connectivity index (χ4n) is 5.80. The van der Waals surface area contributed by atoms with Crippen molar-refractivity contribution < 1.29 is 14.4 Å². The van der Waals surface area contributed by atoms with Crippen molar-refractivity contribution in [2.75, 3.05) is 18.0 Å². The predicted octanol–water partition coefficient (Wildman–Crippen LogP) is 6.45. The van der Waals surface area contributed by atoms with Crippen molar-refractivity contribution >= 4 is 34.2 Å². The molecule has 1 atom stereocenters. The number of unbranched alkanes of at least 4 members (excludes halogenated alkanes) is 1. The Morgan fingerprint density at radius 3 is 2.38 bits per heavy atom. The van der Waals surface area contributed by atoms with Crippen LogP contribution in [0.25, 0.3) is 10.8 Å². The highest BCUT2D eigenvalue weighted by Crippen LogP contribution is 2.37. The molecule has 5 rings (SSSR count). The van der Waals surface area contributed by atoms with Gasteiger partial charge in [0.25, 0.3) is 5.91 Å². The van der Waals surface area contributed by atoms with Crippen molar-refractivity contribution in [1.82, 2.24) is 10.2 Å². The van der Waals surface area contributed by atoms with Crippen LogP contribution >= 0.6 is 0 Å². The van der Waals surface area contributed by atoms with Crippen LogP contribution in [-0.2, 0) is 22.6 Å². The van der Waals surface area contributed by atoms with E-state index in [4.69, 9.17) is 0 Å². The Kier molecular flexibility index (Phi) is 9.32. The summed E-state index contributed by atoms with van der Waals surface area (Å²) in [7, 11) is 0. The van der Waals surface area contributed by atoms with Gasteiger partial charge in [-0.2, -0.15) is 0 Å². The predicted molar refractivity (Wildman–Crippen MR) is 168 cm³/mol. The van der Waals surface area contributed by atoms with Gasteiger partial charge in [0, 0.05) is 43.4 Å². The van der Waals surface area contributed by atoms with Crippen molar-refractivity contribution in [2.45, 2.75) is 58.5 Å². The van der Waals surface area contributed by atoms with Crippen molar-refractivity contribution in [3.63, 3.8) is 0 Å². The number of hydrogen-bond acceptors (Lipinski definition) is 3. The SMILES string of the molecule is CCCCNC(=O)C(Cc1ccccc1)N(Cc1cccc(C)c1)C(=O)CCCN1C(=O)c2cccc3cccc1c23. The van der Waals surface area contributed by atoms with E-state index in [2.05, 4.69) is 18.3 Å². The maximum Gasteiger partial charge on any atom is 0.258 e. The Balaban J connectivity index is 1.36. The van der Waals surface area contributed by atoms with Crippen molar-refractivity contribution in [2.24, 2.45) is 0 Å². The van der Waals surface area contributed by atoms with Gasteiger partial charge >= 0.3 is 0 Å². The molecule has 1 heterocycles. The zero-order chi connectivity index (χ0) is 29.5. The zero-order valence-corrected chi connectivity index (χ0v) is 24.5. The highest BCUT2D eigenvalue weighted by Gasteiger charge is 2.32. The third kappa shape index (κ3) is 6.54. The lowest BCUT2D eigenvalue weighted by atomic mass is 10.0. The molecule has 0 saturated heterocycles. The number of anilines is 1. The van der Waals surface area contributed by atoms with Gasteiger partial charge in [0.05, 0.1) is 5.69 Å². The number of aryl methyl sites for hydroxylation is 1. The molecule has 0 aromatic heterocycles. The second-order valence-corrected chi connectivity index (χ2v) is 11.1. The largest absolute Gasteiger partial charge is 0.354 e. The average molecular weight is 562 g/mol. The Bertz CT molecular complexity index is 1560. The van der Waals surface area contributed by atoms with Crippen molar-refractivity contribution in [3.05, 3.63) is 113 Å². The van der Waals surface area contributed by atoms with Gasteiger partial charge in [0.1, 0.15) is 6.04 Å². The van der Waals surface area contributed by atoms with Crippen LogP contribution in [0.2, 0.25) is 0 Å². The number of nitrogens with zero attached hydrogens (tertiary/aromatic N) is 2. The summed E-state index contributed by atoms with van der Waals surface area (Å²) in [5, 5.41) is 5.10. The number of nitrogens with one attached hydrogen (secondary N) is 1. The van der Waals surface area contributed by atoms with Crippen LogP contribution in [0.1, 0.15) is 59.7 Å². The van der Waals surface area contributed by atoms with E-state index in [0.29, 0.717) is 38.0 Å². The maximum atomic E-state index is 14.0. The van der Waals surface area contributed by atoms with Crippen LogP contribution in [-0.4, -0.2) is 41.8 Å². The smallest absolute Gasteiger partial charge is 0.258 e. The minimum Gasteiger partial charge on any atom is -0.354 e. The number of amides is 3. The van der Waals surface area contributed by atoms with Gasteiger partial charge in [-0.25, -0.2) is 0 Å². The van der Waals surface area contributed by atoms with Gasteiger partial charge in [-0.05, 0) is 48.4 Å². The molecule has 0 aliphatic carbocycles. The standard InChI is InChI=1S/C36H39N3O3/c1-3-4-21-37-35(41)32(24-27-13-6-5-7-14-27)39(25-28-15-8-12-26(2)23-28)33(40)20-11-22-38-31-19-10-17-29-16-9-18-30(34(29)31)36(38)42/h5-10,12-19,23,32H,3-4,11,20-22,24-25H2,1-2H3,(H,37,41). The van der Waals surface area contributed by atoms with Gasteiger partial charge < -0.3 is 15.1 Å². The lowest BCUT2D eigenvalue weighted by molar-refractivity contribution is -0.141. The van der Waals surface area contributed by atoms with E-state index in [1.165, 1.54) is 0 Å². The summed E-state index contributed by atoms with van der Waals surface area (Å²) in [4.78, 5) is 44.4. The number of carbonyl (C=O) groups excluding carboxylic acids is 3. The molecule has 4 aromatic carbocycles. The van der Waals surface area contributed by atoms with E-state index >= 15 is 0 Å². The van der Waals surface area contributed by atoms with E-state index < -0.39 is 6.04 Å². The van der Waals surface area contributed by atoms with E-state index in [1.54, 1.807) is 9.80 Å². The van der Waals surface area contributed by atoms with E-state index in [9.17, 15) is 14.4 Å². The van der Waals surface area contributed by atoms with Gasteiger partial charge in [0.2, 0.25) is 11.8 Å². The molecule has 4 aromatic rings. The van der Waals surface area contributed by atoms with Gasteiger partial charge in [0.15, 0.2) is 0 Å². The topological polar surface area (TPSA) is 69.7 Å². The molecule has 1 N–H and O–H groups in total. The number of hydrogen-bond donors (Lipinski definition) is 1. The first kappa shape index (κ1) is 29.1. The molecule has 0 saturated carbocycles. The molecule has 0 bridgehead atoms. The summed E-state index contributed by atoms with van der Waals surface area (Å²) in [5.74, 6) is -0.251. The lowest BCUT2D eigenvalue weighted by Gasteiger charge is -2.32. The van der Waals surface area contributed by atoms with Crippen LogP contribution in [0.15, 0.2) is 91.0 Å². The fraction of sp³-hybridized carbons (Fsp3) is 0.306. The third-order valence-electron chi connectivity index (χ3n) is 7.96. The Morgan fingerprint density at radius 1 is 0.881 bits per heavy atom. The first-order valence-electron chi connectivity index (χ1n) is 15.0. The highest BCUT2D eigenvalue weighted by atomic mass is 16.2. The monoisotopic (exact) mass is 561 g/mol. The maximum absolute atomic E-state index is 14.0. The van der Waals surface area contributed by atoms with Crippen LogP contribution in [0.5, 0.6) is 0 Å². The highest BCUT2D eigenvalue weighted by molar-refractivity contribution is 6.25. The fourth-order valence-corrected chi connectivity index (χ4v) is 5.80. The Morgan fingerprint density at radius 2 is 1.62 bits per heavy atom. The summed E-state index contributed by atoms with van der Waals surface area (Å²) >= 11 is 0. The molecule has 1 unspecified atom stereocenters. The molecule has 1 aliphatic rings. The van der Waals surface area contributed by atoms with E-state index in [0.717, 1.165) is 46.0 Å². The van der Waals surface area contributed by atoms with Crippen molar-refractivity contribution in [3.8, 4) is 0 Å². The van der Waals surface area contributed by atoms with Gasteiger partial charge in [-0.3, -0.25) is 14.4 Å². The molecule has 0 fully saturated rings. The molecule has 1 aliphatic heterocycles. The normalized spacial score (nSPS) is 12.9. The number of benzene rings is 4. The minimum absolute atomic E-state index is 0.0249. The summed E-state index contributed by atoms with van der Waals surface area (Å²) in [6.45, 7) is 5.47. The van der Waals surface area contributed by atoms with Gasteiger partial charge in [-0.1, -0.05) is 97.8 Å². The second kappa shape index (κ2) is 13.5. The quantitative estimate of drug-likeness (QED) is 0.191. The molecular formula is C36H39N3O3. The summed E-state index contributed by atoms with van der Waals surface area (Å²) in [5.41, 5.74) is 4.70. The van der Waals surface area contributed by atoms with Crippen LogP contribution in [0, 0.1) is 6.92 Å². The summed E-state index contributed by atoms with van der Waals surface area (Å²) in [6.07, 6.45) is 3.01. The van der Waals surface area contributed by atoms with E-state index in [-0.39, 0.29) is 24.1 Å². The molecule has 6 heteroatoms. The first-order valence-corrected chi connectivity index (χ1v) is 15.0. The molecular weight excluding hydrogens is 522 g/mol. The molecule has 0 spiro atoms. The van der Waals surface area contributed by atoms with Crippen molar-refractivity contribution in [1.29, 1.82) is 0 Å². The summed E-state index contributed by atoms with van der Waals surface area (Å²) in [6, 6.07) is 29.0. The van der Waals surface area contributed by atoms with Crippen LogP contribution in [0.3, 0.4) is 0 Å². The second-order valence-electron chi connectivity index (χ2n) is 11.1. The molecule has 3 amide bonds. The van der Waals surface area contributed by atoms with Crippen LogP contribution < -0.4 is 10.2 Å².